The van der Waals surface area contributed by atoms with Gasteiger partial charge in [0.2, 0.25) is 17.7 Å². The molecule has 8 rings (SSSR count). The van der Waals surface area contributed by atoms with Gasteiger partial charge in [-0.1, -0.05) is 6.07 Å². The summed E-state index contributed by atoms with van der Waals surface area (Å²) in [4.78, 5) is 85.4. The molecule has 3 fully saturated rings. The van der Waals surface area contributed by atoms with Crippen LogP contribution in [0, 0.1) is 0 Å². The summed E-state index contributed by atoms with van der Waals surface area (Å²) in [7, 11) is 4.98. The van der Waals surface area contributed by atoms with Crippen LogP contribution in [0.1, 0.15) is 52.0 Å². The van der Waals surface area contributed by atoms with Crippen LogP contribution >= 0.6 is 0 Å². The zero-order valence-electron chi connectivity index (χ0n) is 31.9. The Labute approximate surface area is 327 Å². The maximum atomic E-state index is 13.3. The Hall–Kier alpha value is -6.13. The fourth-order valence-corrected chi connectivity index (χ4v) is 8.29. The van der Waals surface area contributed by atoms with E-state index in [9.17, 15) is 28.8 Å². The van der Waals surface area contributed by atoms with Crippen molar-refractivity contribution in [3.8, 4) is 28.4 Å². The minimum atomic E-state index is -1.07. The highest BCUT2D eigenvalue weighted by atomic mass is 16.5. The number of nitrogens with zero attached hydrogens (tertiary/aromatic N) is 5. The minimum Gasteiger partial charge on any atom is -0.496 e. The highest BCUT2D eigenvalue weighted by Gasteiger charge is 2.54. The number of hydrogen-bond donors (Lipinski definition) is 1. The van der Waals surface area contributed by atoms with Gasteiger partial charge in [0.25, 0.3) is 17.4 Å². The molecule has 0 saturated carbocycles. The number of piperidine rings is 1. The largest absolute Gasteiger partial charge is 0.496 e. The summed E-state index contributed by atoms with van der Waals surface area (Å²) < 4.78 is 24.9. The fraction of sp³-hybridized carbons (Fsp3) is 0.390. The first kappa shape index (κ1) is 37.8. The number of fused-ring (bicyclic) bond motifs is 2. The molecule has 3 saturated heterocycles. The SMILES string of the molecule is COc1cc(-c2cn(C)c(=O)c3cnccc23)cc(OC)c1CN1CCC12CN(C(=O)CCOCCOc1cccc3c1C(=O)N(C1CCC(=O)NC1=O)C3=O)C2. The Bertz CT molecular complexity index is 2360. The Morgan fingerprint density at radius 2 is 1.70 bits per heavy atom. The lowest BCUT2D eigenvalue weighted by atomic mass is 9.77. The number of benzene rings is 2. The van der Waals surface area contributed by atoms with Crippen molar-refractivity contribution in [1.82, 2.24) is 29.6 Å². The van der Waals surface area contributed by atoms with Crippen molar-refractivity contribution >= 4 is 40.3 Å². The van der Waals surface area contributed by atoms with Crippen LogP contribution in [0.5, 0.6) is 17.2 Å². The average Bonchev–Trinajstić information content (AvgIpc) is 3.44. The van der Waals surface area contributed by atoms with Crippen molar-refractivity contribution in [3.05, 3.63) is 82.0 Å². The van der Waals surface area contributed by atoms with E-state index in [0.29, 0.717) is 36.5 Å². The molecule has 16 heteroatoms. The smallest absolute Gasteiger partial charge is 0.266 e. The Kier molecular flexibility index (Phi) is 9.99. The van der Waals surface area contributed by atoms with Crippen molar-refractivity contribution in [2.24, 2.45) is 7.05 Å². The maximum absolute atomic E-state index is 13.3. The molecule has 4 aliphatic rings. The number of likely N-dealkylation sites (tertiary alicyclic amines) is 2. The number of rotatable bonds is 13. The molecule has 2 aromatic heterocycles. The van der Waals surface area contributed by atoms with Gasteiger partial charge in [0.05, 0.1) is 61.5 Å². The monoisotopic (exact) mass is 778 g/mol. The zero-order chi connectivity index (χ0) is 40.0. The summed E-state index contributed by atoms with van der Waals surface area (Å²) in [6, 6.07) is 9.37. The fourth-order valence-electron chi connectivity index (χ4n) is 8.29. The first-order valence-electron chi connectivity index (χ1n) is 18.8. The van der Waals surface area contributed by atoms with Crippen LogP contribution < -0.4 is 25.1 Å². The summed E-state index contributed by atoms with van der Waals surface area (Å²) in [5.41, 5.74) is 2.57. The third kappa shape index (κ3) is 6.67. The number of aromatic nitrogens is 2. The van der Waals surface area contributed by atoms with Gasteiger partial charge in [-0.05, 0) is 54.1 Å². The summed E-state index contributed by atoms with van der Waals surface area (Å²) in [5.74, 6) is -0.857. The van der Waals surface area contributed by atoms with Crippen molar-refractivity contribution in [3.63, 3.8) is 0 Å². The van der Waals surface area contributed by atoms with E-state index in [1.807, 2.05) is 29.3 Å². The van der Waals surface area contributed by atoms with Crippen LogP contribution in [0.25, 0.3) is 21.9 Å². The lowest BCUT2D eigenvalue weighted by Gasteiger charge is -2.62. The van der Waals surface area contributed by atoms with Crippen LogP contribution in [0.15, 0.2) is 59.8 Å². The Balaban J connectivity index is 0.827. The van der Waals surface area contributed by atoms with Gasteiger partial charge in [0, 0.05) is 63.8 Å². The van der Waals surface area contributed by atoms with E-state index in [2.05, 4.69) is 15.2 Å². The number of pyridine rings is 2. The molecule has 4 aliphatic heterocycles. The average molecular weight is 779 g/mol. The van der Waals surface area contributed by atoms with E-state index in [1.54, 1.807) is 50.4 Å². The number of methoxy groups -OCH3 is 2. The predicted octanol–water partition coefficient (Wildman–Crippen LogP) is 2.29. The lowest BCUT2D eigenvalue weighted by molar-refractivity contribution is -0.163. The number of aryl methyl sites for hydroxylation is 1. The second-order valence-corrected chi connectivity index (χ2v) is 14.7. The number of carbonyl (C=O) groups excluding carboxylic acids is 5. The van der Waals surface area contributed by atoms with Crippen LogP contribution in [-0.2, 0) is 32.7 Å². The van der Waals surface area contributed by atoms with Gasteiger partial charge in [-0.3, -0.25) is 48.9 Å². The second kappa shape index (κ2) is 15.1. The molecule has 1 spiro atoms. The van der Waals surface area contributed by atoms with Gasteiger partial charge in [-0.25, -0.2) is 0 Å². The summed E-state index contributed by atoms with van der Waals surface area (Å²) in [6.45, 7) is 3.07. The van der Waals surface area contributed by atoms with Crippen molar-refractivity contribution in [2.45, 2.75) is 43.8 Å². The molecule has 1 unspecified atom stereocenters. The van der Waals surface area contributed by atoms with Crippen molar-refractivity contribution < 1.29 is 42.9 Å². The van der Waals surface area contributed by atoms with E-state index < -0.39 is 29.7 Å². The van der Waals surface area contributed by atoms with E-state index in [1.165, 1.54) is 6.07 Å². The van der Waals surface area contributed by atoms with Crippen LogP contribution in [0.4, 0.5) is 0 Å². The topological polar surface area (TPSA) is 179 Å². The Morgan fingerprint density at radius 3 is 2.40 bits per heavy atom. The molecule has 0 radical (unpaired) electrons. The number of ether oxygens (including phenoxy) is 4. The molecule has 4 aromatic rings. The lowest BCUT2D eigenvalue weighted by Crippen LogP contribution is -2.77. The highest BCUT2D eigenvalue weighted by Crippen LogP contribution is 2.44. The molecule has 0 aliphatic carbocycles. The summed E-state index contributed by atoms with van der Waals surface area (Å²) in [5, 5.41) is 3.50. The molecule has 296 valence electrons. The predicted molar refractivity (Wildman–Crippen MR) is 204 cm³/mol. The zero-order valence-corrected chi connectivity index (χ0v) is 31.9. The third-order valence-corrected chi connectivity index (χ3v) is 11.5. The first-order valence-corrected chi connectivity index (χ1v) is 18.8. The maximum Gasteiger partial charge on any atom is 0.266 e. The number of carbonyl (C=O) groups is 5. The van der Waals surface area contributed by atoms with Crippen LogP contribution in [-0.4, -0.2) is 119 Å². The molecule has 5 amide bonds. The molecule has 6 heterocycles. The molecular weight excluding hydrogens is 736 g/mol. The quantitative estimate of drug-likeness (QED) is 0.155. The van der Waals surface area contributed by atoms with E-state index in [4.69, 9.17) is 18.9 Å². The minimum absolute atomic E-state index is 0.00822. The molecule has 16 nitrogen and oxygen atoms in total. The number of nitrogens with one attached hydrogen (secondary N) is 1. The molecule has 0 bridgehead atoms. The molecule has 1 N–H and O–H groups in total. The van der Waals surface area contributed by atoms with Crippen LogP contribution in [0.2, 0.25) is 0 Å². The van der Waals surface area contributed by atoms with Gasteiger partial charge in [0.1, 0.15) is 29.9 Å². The van der Waals surface area contributed by atoms with Crippen molar-refractivity contribution in [2.75, 3.05) is 53.7 Å². The van der Waals surface area contributed by atoms with Gasteiger partial charge in [-0.15, -0.1) is 0 Å². The Morgan fingerprint density at radius 1 is 0.930 bits per heavy atom. The summed E-state index contributed by atoms with van der Waals surface area (Å²) in [6.07, 6.45) is 6.32. The molecule has 57 heavy (non-hydrogen) atoms. The van der Waals surface area contributed by atoms with Crippen molar-refractivity contribution in [1.29, 1.82) is 0 Å². The van der Waals surface area contributed by atoms with Gasteiger partial charge >= 0.3 is 0 Å². The molecule has 2 aromatic carbocycles. The molecular formula is C41H42N6O10. The van der Waals surface area contributed by atoms with Gasteiger partial charge in [0.15, 0.2) is 0 Å². The molecule has 1 atom stereocenters. The van der Waals surface area contributed by atoms with E-state index in [0.717, 1.165) is 39.9 Å². The number of amides is 5. The highest BCUT2D eigenvalue weighted by molar-refractivity contribution is 6.24. The number of hydrogen-bond acceptors (Lipinski definition) is 12. The van der Waals surface area contributed by atoms with Crippen LogP contribution in [0.3, 0.4) is 0 Å². The standard InChI is InChI=1S/C41H42N6O10/c1-44-20-28(25-9-12-42-19-27(25)38(44)51)24-17-32(54-2)29(33(18-24)55-3)21-46-13-11-41(46)22-45(23-41)35(49)10-14-56-15-16-57-31-6-4-5-26-36(31)40(53)47(39(26)52)30-7-8-34(48)43-37(30)50/h4-6,9,12,17-20,30H,7-8,10-11,13-16,21-23H2,1-3H3,(H,43,48,50). The van der Waals surface area contributed by atoms with E-state index >= 15 is 0 Å². The third-order valence-electron chi connectivity index (χ3n) is 11.5. The summed E-state index contributed by atoms with van der Waals surface area (Å²) >= 11 is 0. The first-order chi connectivity index (χ1) is 27.5. The normalized spacial score (nSPS) is 18.7. The van der Waals surface area contributed by atoms with Gasteiger partial charge < -0.3 is 28.4 Å². The second-order valence-electron chi connectivity index (χ2n) is 14.7. The van der Waals surface area contributed by atoms with E-state index in [-0.39, 0.29) is 73.0 Å². The number of imide groups is 2. The van der Waals surface area contributed by atoms with Gasteiger partial charge in [-0.2, -0.15) is 0 Å².